The molecule has 0 aliphatic rings. The smallest absolute Gasteiger partial charge is 0.248 e. The average Bonchev–Trinajstić information content (AvgIpc) is 3.24. The molecule has 0 spiro atoms. The van der Waals surface area contributed by atoms with Crippen LogP contribution >= 0.6 is 23.4 Å². The van der Waals surface area contributed by atoms with Crippen LogP contribution in [0.25, 0.3) is 5.69 Å². The van der Waals surface area contributed by atoms with Crippen LogP contribution in [0.3, 0.4) is 0 Å². The molecule has 0 radical (unpaired) electrons. The van der Waals surface area contributed by atoms with Crippen molar-refractivity contribution in [2.75, 3.05) is 5.75 Å². The van der Waals surface area contributed by atoms with Gasteiger partial charge < -0.3 is 9.84 Å². The van der Waals surface area contributed by atoms with Gasteiger partial charge in [-0.25, -0.2) is 0 Å². The van der Waals surface area contributed by atoms with Gasteiger partial charge in [0.1, 0.15) is 12.4 Å². The summed E-state index contributed by atoms with van der Waals surface area (Å²) in [5, 5.41) is 15.8. The molecule has 0 saturated carbocycles. The van der Waals surface area contributed by atoms with E-state index in [9.17, 15) is 4.79 Å². The van der Waals surface area contributed by atoms with Crippen molar-refractivity contribution in [1.29, 1.82) is 0 Å². The summed E-state index contributed by atoms with van der Waals surface area (Å²) in [6, 6.07) is 5.32. The third kappa shape index (κ3) is 4.23. The van der Waals surface area contributed by atoms with Gasteiger partial charge in [0.25, 0.3) is 0 Å². The molecule has 0 fully saturated rings. The number of aromatic nitrogens is 5. The van der Waals surface area contributed by atoms with Crippen LogP contribution in [-0.2, 0) is 4.79 Å². The van der Waals surface area contributed by atoms with E-state index in [-0.39, 0.29) is 17.7 Å². The number of aryl methyl sites for hydroxylation is 2. The van der Waals surface area contributed by atoms with E-state index >= 15 is 0 Å². The lowest BCUT2D eigenvalue weighted by molar-refractivity contribution is -0.119. The van der Waals surface area contributed by atoms with Gasteiger partial charge in [-0.15, -0.1) is 10.2 Å². The predicted molar refractivity (Wildman–Crippen MR) is 97.4 cm³/mol. The topological polar surface area (TPSA) is 98.7 Å². The Morgan fingerprint density at radius 3 is 2.92 bits per heavy atom. The Balaban J connectivity index is 1.62. The molecule has 0 bridgehead atoms. The minimum Gasteiger partial charge on any atom is -0.344 e. The molecule has 2 heterocycles. The number of rotatable bonds is 6. The first-order chi connectivity index (χ1) is 12.4. The van der Waals surface area contributed by atoms with E-state index in [0.29, 0.717) is 21.9 Å². The number of hydrogen-bond donors (Lipinski definition) is 1. The van der Waals surface area contributed by atoms with Crippen molar-refractivity contribution in [3.05, 3.63) is 46.8 Å². The van der Waals surface area contributed by atoms with E-state index in [1.54, 1.807) is 24.7 Å². The first-order valence-electron chi connectivity index (χ1n) is 7.83. The summed E-state index contributed by atoms with van der Waals surface area (Å²) in [6.07, 6.45) is 1.59. The molecule has 0 aliphatic carbocycles. The van der Waals surface area contributed by atoms with Crippen molar-refractivity contribution >= 4 is 29.3 Å². The van der Waals surface area contributed by atoms with Crippen LogP contribution in [0.4, 0.5) is 0 Å². The second kappa shape index (κ2) is 7.88. The second-order valence-corrected chi connectivity index (χ2v) is 7.02. The highest BCUT2D eigenvalue weighted by Gasteiger charge is 2.17. The van der Waals surface area contributed by atoms with Crippen molar-refractivity contribution < 1.29 is 9.32 Å². The maximum Gasteiger partial charge on any atom is 0.248 e. The lowest BCUT2D eigenvalue weighted by Crippen LogP contribution is -2.28. The predicted octanol–water partition coefficient (Wildman–Crippen LogP) is 2.89. The molecule has 0 aliphatic heterocycles. The van der Waals surface area contributed by atoms with Gasteiger partial charge in [-0.3, -0.25) is 9.36 Å². The normalized spacial score (nSPS) is 12.2. The van der Waals surface area contributed by atoms with E-state index in [1.165, 1.54) is 11.8 Å². The quantitative estimate of drug-likeness (QED) is 0.644. The van der Waals surface area contributed by atoms with Crippen molar-refractivity contribution in [2.45, 2.75) is 32.0 Å². The number of thioether (sulfide) groups is 1. The number of nitrogens with zero attached hydrogens (tertiary/aromatic N) is 5. The Morgan fingerprint density at radius 1 is 1.42 bits per heavy atom. The zero-order chi connectivity index (χ0) is 18.7. The maximum absolute atomic E-state index is 12.2. The minimum atomic E-state index is -0.363. The Labute approximate surface area is 159 Å². The molecule has 3 rings (SSSR count). The van der Waals surface area contributed by atoms with E-state index in [1.807, 2.05) is 25.1 Å². The molecule has 10 heteroatoms. The van der Waals surface area contributed by atoms with Gasteiger partial charge in [0.15, 0.2) is 11.0 Å². The molecule has 1 atom stereocenters. The molecule has 3 aromatic rings. The van der Waals surface area contributed by atoms with Crippen molar-refractivity contribution in [1.82, 2.24) is 30.2 Å². The lowest BCUT2D eigenvalue weighted by atomic mass is 10.2. The molecular formula is C16H17ClN6O2S. The molecule has 1 unspecified atom stereocenters. The fraction of sp³-hybridized carbons (Fsp3) is 0.312. The van der Waals surface area contributed by atoms with Crippen molar-refractivity contribution in [3.63, 3.8) is 0 Å². The summed E-state index contributed by atoms with van der Waals surface area (Å²) in [6.45, 7) is 5.44. The maximum atomic E-state index is 12.2. The SMILES string of the molecule is Cc1noc(C(C)NC(=O)CSc2nncn2-c2ccc(C)c(Cl)c2)n1. The van der Waals surface area contributed by atoms with Gasteiger partial charge in [-0.2, -0.15) is 4.98 Å². The number of carbonyl (C=O) groups is 1. The fourth-order valence-corrected chi connectivity index (χ4v) is 3.11. The highest BCUT2D eigenvalue weighted by atomic mass is 35.5. The zero-order valence-electron chi connectivity index (χ0n) is 14.4. The van der Waals surface area contributed by atoms with Crippen LogP contribution in [0, 0.1) is 13.8 Å². The Morgan fingerprint density at radius 2 is 2.23 bits per heavy atom. The van der Waals surface area contributed by atoms with Gasteiger partial charge in [0.05, 0.1) is 11.4 Å². The van der Waals surface area contributed by atoms with Gasteiger partial charge >= 0.3 is 0 Å². The summed E-state index contributed by atoms with van der Waals surface area (Å²) in [5.41, 5.74) is 1.82. The molecule has 1 aromatic carbocycles. The first kappa shape index (κ1) is 18.4. The Hall–Kier alpha value is -2.39. The van der Waals surface area contributed by atoms with E-state index in [2.05, 4.69) is 25.7 Å². The molecule has 1 amide bonds. The molecule has 0 saturated heterocycles. The average molecular weight is 393 g/mol. The van der Waals surface area contributed by atoms with E-state index in [4.69, 9.17) is 16.1 Å². The fourth-order valence-electron chi connectivity index (χ4n) is 2.20. The van der Waals surface area contributed by atoms with Gasteiger partial charge in [-0.1, -0.05) is 34.6 Å². The standard InChI is InChI=1S/C16H17ClN6O2S/c1-9-4-5-12(6-13(9)17)23-8-18-21-16(23)26-7-14(24)19-10(2)15-20-11(3)22-25-15/h4-6,8,10H,7H2,1-3H3,(H,19,24). The third-order valence-corrected chi connectivity index (χ3v) is 4.92. The number of benzene rings is 1. The van der Waals surface area contributed by atoms with Crippen LogP contribution in [-0.4, -0.2) is 36.6 Å². The minimum absolute atomic E-state index is 0.171. The van der Waals surface area contributed by atoms with Crippen LogP contribution in [0.5, 0.6) is 0 Å². The molecule has 136 valence electrons. The highest BCUT2D eigenvalue weighted by molar-refractivity contribution is 7.99. The summed E-state index contributed by atoms with van der Waals surface area (Å²) in [7, 11) is 0. The summed E-state index contributed by atoms with van der Waals surface area (Å²) in [5.74, 6) is 0.906. The number of hydrogen-bond acceptors (Lipinski definition) is 7. The van der Waals surface area contributed by atoms with Crippen LogP contribution in [0.1, 0.15) is 30.2 Å². The van der Waals surface area contributed by atoms with Crippen LogP contribution in [0.2, 0.25) is 5.02 Å². The summed E-state index contributed by atoms with van der Waals surface area (Å²) in [4.78, 5) is 16.3. The second-order valence-electron chi connectivity index (χ2n) is 5.67. The van der Waals surface area contributed by atoms with Crippen molar-refractivity contribution in [3.8, 4) is 5.69 Å². The number of halogens is 1. The lowest BCUT2D eigenvalue weighted by Gasteiger charge is -2.10. The number of carbonyl (C=O) groups excluding carboxylic acids is 1. The van der Waals surface area contributed by atoms with Gasteiger partial charge in [-0.05, 0) is 38.5 Å². The van der Waals surface area contributed by atoms with Crippen LogP contribution < -0.4 is 5.32 Å². The monoisotopic (exact) mass is 392 g/mol. The molecule has 26 heavy (non-hydrogen) atoms. The molecule has 2 aromatic heterocycles. The zero-order valence-corrected chi connectivity index (χ0v) is 16.0. The number of nitrogens with one attached hydrogen (secondary N) is 1. The third-order valence-electron chi connectivity index (χ3n) is 3.57. The molecule has 8 nitrogen and oxygen atoms in total. The Bertz CT molecular complexity index is 925. The number of amides is 1. The summed E-state index contributed by atoms with van der Waals surface area (Å²) < 4.78 is 6.84. The largest absolute Gasteiger partial charge is 0.344 e. The first-order valence-corrected chi connectivity index (χ1v) is 9.19. The van der Waals surface area contributed by atoms with Crippen LogP contribution in [0.15, 0.2) is 34.2 Å². The van der Waals surface area contributed by atoms with Crippen molar-refractivity contribution in [2.24, 2.45) is 0 Å². The molecular weight excluding hydrogens is 376 g/mol. The molecule has 1 N–H and O–H groups in total. The van der Waals surface area contributed by atoms with Gasteiger partial charge in [0, 0.05) is 5.02 Å². The Kier molecular flexibility index (Phi) is 5.58. The van der Waals surface area contributed by atoms with E-state index < -0.39 is 0 Å². The van der Waals surface area contributed by atoms with Gasteiger partial charge in [0.2, 0.25) is 11.8 Å². The van der Waals surface area contributed by atoms with E-state index in [0.717, 1.165) is 11.3 Å². The highest BCUT2D eigenvalue weighted by Crippen LogP contribution is 2.23. The summed E-state index contributed by atoms with van der Waals surface area (Å²) >= 11 is 7.46.